The first-order valence-electron chi connectivity index (χ1n) is 13.9. The molecule has 5 N–H and O–H groups in total. The van der Waals surface area contributed by atoms with Crippen LogP contribution >= 0.6 is 0 Å². The van der Waals surface area contributed by atoms with Gasteiger partial charge in [-0.15, -0.1) is 0 Å². The van der Waals surface area contributed by atoms with Gasteiger partial charge in [-0.05, 0) is 41.0 Å². The molecule has 11 heteroatoms. The molecule has 0 spiro atoms. The van der Waals surface area contributed by atoms with Crippen molar-refractivity contribution in [1.29, 1.82) is 5.26 Å². The van der Waals surface area contributed by atoms with Crippen molar-refractivity contribution in [2.24, 2.45) is 0 Å². The van der Waals surface area contributed by atoms with Gasteiger partial charge < -0.3 is 26.4 Å². The molecule has 1 aliphatic rings. The number of anilines is 4. The fourth-order valence-electron chi connectivity index (χ4n) is 4.66. The van der Waals surface area contributed by atoms with E-state index in [0.717, 1.165) is 49.5 Å². The lowest BCUT2D eigenvalue weighted by Crippen LogP contribution is -2.42. The summed E-state index contributed by atoms with van der Waals surface area (Å²) < 4.78 is 0. The summed E-state index contributed by atoms with van der Waals surface area (Å²) in [6.07, 6.45) is 0.177. The average Bonchev–Trinajstić information content (AvgIpc) is 3.01. The molecule has 1 aromatic heterocycles. The Bertz CT molecular complexity index is 1520. The number of carboxylic acid groups (broad SMARTS) is 1. The van der Waals surface area contributed by atoms with E-state index < -0.39 is 12.0 Å². The largest absolute Gasteiger partial charge is 0.480 e. The maximum absolute atomic E-state index is 12.2. The standard InChI is InChI=1S/C31H33N9O2/c32-19-23-11-9-22(10-12-23)18-27(28(41)42)36-31-38-29(34-20-24-5-2-1-3-6-24)37-30(39-31)35-26-8-4-7-25(17-26)21-40-15-13-33-14-16-40/h1-12,17,27,33H,13-16,18,20-21H2,(H,41,42)(H3,34,35,36,37,38,39). The van der Waals surface area contributed by atoms with E-state index in [1.54, 1.807) is 24.3 Å². The minimum Gasteiger partial charge on any atom is -0.480 e. The van der Waals surface area contributed by atoms with E-state index >= 15 is 0 Å². The molecule has 5 rings (SSSR count). The molecule has 0 radical (unpaired) electrons. The highest BCUT2D eigenvalue weighted by Gasteiger charge is 2.20. The SMILES string of the molecule is N#Cc1ccc(CC(Nc2nc(NCc3ccccc3)nc(Nc3cccc(CN4CCNCC4)c3)n2)C(=O)O)cc1. The number of nitriles is 1. The Kier molecular flexibility index (Phi) is 9.51. The van der Waals surface area contributed by atoms with Crippen molar-refractivity contribution in [3.63, 3.8) is 0 Å². The van der Waals surface area contributed by atoms with Crippen LogP contribution in [0.3, 0.4) is 0 Å². The molecular weight excluding hydrogens is 530 g/mol. The third-order valence-corrected chi connectivity index (χ3v) is 6.85. The number of nitrogens with zero attached hydrogens (tertiary/aromatic N) is 5. The van der Waals surface area contributed by atoms with Gasteiger partial charge >= 0.3 is 5.97 Å². The molecule has 2 heterocycles. The Morgan fingerprint density at radius 1 is 0.905 bits per heavy atom. The molecule has 1 aliphatic heterocycles. The Morgan fingerprint density at radius 2 is 1.62 bits per heavy atom. The number of carboxylic acids is 1. The van der Waals surface area contributed by atoms with Crippen molar-refractivity contribution in [1.82, 2.24) is 25.2 Å². The van der Waals surface area contributed by atoms with Gasteiger partial charge in [0.2, 0.25) is 17.8 Å². The van der Waals surface area contributed by atoms with Crippen LogP contribution in [0.4, 0.5) is 23.5 Å². The minimum absolute atomic E-state index is 0.126. The number of piperazine rings is 1. The molecule has 1 unspecified atom stereocenters. The van der Waals surface area contributed by atoms with Crippen molar-refractivity contribution in [2.75, 3.05) is 42.1 Å². The highest BCUT2D eigenvalue weighted by Crippen LogP contribution is 2.20. The molecule has 1 saturated heterocycles. The van der Waals surface area contributed by atoms with Crippen LogP contribution < -0.4 is 21.3 Å². The summed E-state index contributed by atoms with van der Waals surface area (Å²) in [7, 11) is 0. The quantitative estimate of drug-likeness (QED) is 0.172. The van der Waals surface area contributed by atoms with Gasteiger partial charge in [-0.25, -0.2) is 4.79 Å². The van der Waals surface area contributed by atoms with E-state index in [-0.39, 0.29) is 18.3 Å². The number of rotatable bonds is 12. The zero-order valence-corrected chi connectivity index (χ0v) is 23.1. The van der Waals surface area contributed by atoms with Crippen molar-refractivity contribution >= 4 is 29.5 Å². The Labute approximate surface area is 244 Å². The fourth-order valence-corrected chi connectivity index (χ4v) is 4.66. The van der Waals surface area contributed by atoms with Gasteiger partial charge in [0.05, 0.1) is 11.6 Å². The first-order valence-corrected chi connectivity index (χ1v) is 13.9. The van der Waals surface area contributed by atoms with Crippen LogP contribution in [0.15, 0.2) is 78.9 Å². The molecule has 0 bridgehead atoms. The van der Waals surface area contributed by atoms with Gasteiger partial charge in [0.25, 0.3) is 0 Å². The number of aliphatic carboxylic acids is 1. The summed E-state index contributed by atoms with van der Waals surface area (Å²) in [5.41, 5.74) is 4.32. The number of carbonyl (C=O) groups is 1. The topological polar surface area (TPSA) is 151 Å². The summed E-state index contributed by atoms with van der Waals surface area (Å²) >= 11 is 0. The van der Waals surface area contributed by atoms with Crippen LogP contribution in [0.5, 0.6) is 0 Å². The molecular formula is C31H33N9O2. The van der Waals surface area contributed by atoms with E-state index in [9.17, 15) is 9.90 Å². The third kappa shape index (κ3) is 8.23. The van der Waals surface area contributed by atoms with Gasteiger partial charge in [-0.2, -0.15) is 20.2 Å². The Hall–Kier alpha value is -5.05. The van der Waals surface area contributed by atoms with Crippen molar-refractivity contribution in [3.05, 3.63) is 101 Å². The normalized spacial score (nSPS) is 14.0. The van der Waals surface area contributed by atoms with E-state index in [1.165, 1.54) is 5.56 Å². The second-order valence-electron chi connectivity index (χ2n) is 10.0. The highest BCUT2D eigenvalue weighted by molar-refractivity contribution is 5.77. The monoisotopic (exact) mass is 563 g/mol. The average molecular weight is 564 g/mol. The lowest BCUT2D eigenvalue weighted by Gasteiger charge is -2.27. The summed E-state index contributed by atoms with van der Waals surface area (Å²) in [4.78, 5) is 28.1. The first kappa shape index (κ1) is 28.5. The molecule has 1 atom stereocenters. The van der Waals surface area contributed by atoms with Crippen molar-refractivity contribution in [2.45, 2.75) is 25.6 Å². The predicted octanol–water partition coefficient (Wildman–Crippen LogP) is 3.61. The number of hydrogen-bond donors (Lipinski definition) is 5. The lowest BCUT2D eigenvalue weighted by atomic mass is 10.0. The fraction of sp³-hybridized carbons (Fsp3) is 0.258. The zero-order valence-electron chi connectivity index (χ0n) is 23.1. The molecule has 4 aromatic rings. The molecule has 0 saturated carbocycles. The number of hydrogen-bond acceptors (Lipinski definition) is 10. The van der Waals surface area contributed by atoms with E-state index in [1.807, 2.05) is 42.5 Å². The zero-order chi connectivity index (χ0) is 29.1. The summed E-state index contributed by atoms with van der Waals surface area (Å²) in [5.74, 6) is -0.335. The molecule has 3 aromatic carbocycles. The highest BCUT2D eigenvalue weighted by atomic mass is 16.4. The summed E-state index contributed by atoms with van der Waals surface area (Å²) in [6, 6.07) is 25.9. The van der Waals surface area contributed by atoms with Gasteiger partial charge in [0, 0.05) is 51.4 Å². The predicted molar refractivity (Wildman–Crippen MR) is 161 cm³/mol. The molecule has 0 amide bonds. The maximum atomic E-state index is 12.2. The van der Waals surface area contributed by atoms with Gasteiger partial charge in [-0.3, -0.25) is 4.90 Å². The maximum Gasteiger partial charge on any atom is 0.326 e. The number of nitrogens with one attached hydrogen (secondary N) is 4. The van der Waals surface area contributed by atoms with Crippen LogP contribution in [0.25, 0.3) is 0 Å². The van der Waals surface area contributed by atoms with Crippen LogP contribution in [0.2, 0.25) is 0 Å². The first-order chi connectivity index (χ1) is 20.5. The lowest BCUT2D eigenvalue weighted by molar-refractivity contribution is -0.137. The van der Waals surface area contributed by atoms with Crippen LogP contribution in [0, 0.1) is 11.3 Å². The van der Waals surface area contributed by atoms with Gasteiger partial charge in [0.1, 0.15) is 6.04 Å². The van der Waals surface area contributed by atoms with Gasteiger partial charge in [-0.1, -0.05) is 54.6 Å². The smallest absolute Gasteiger partial charge is 0.326 e. The minimum atomic E-state index is -1.05. The number of aromatic nitrogens is 3. The number of benzene rings is 3. The third-order valence-electron chi connectivity index (χ3n) is 6.85. The van der Waals surface area contributed by atoms with Crippen LogP contribution in [-0.2, 0) is 24.3 Å². The van der Waals surface area contributed by atoms with E-state index in [0.29, 0.717) is 18.1 Å². The summed E-state index contributed by atoms with van der Waals surface area (Å²) in [6.45, 7) is 5.31. The second kappa shape index (κ2) is 14.0. The summed E-state index contributed by atoms with van der Waals surface area (Å²) in [5, 5.41) is 31.9. The Morgan fingerprint density at radius 3 is 2.36 bits per heavy atom. The van der Waals surface area contributed by atoms with Crippen LogP contribution in [-0.4, -0.2) is 63.1 Å². The van der Waals surface area contributed by atoms with Gasteiger partial charge in [0.15, 0.2) is 0 Å². The molecule has 0 aliphatic carbocycles. The second-order valence-corrected chi connectivity index (χ2v) is 10.0. The van der Waals surface area contributed by atoms with Crippen molar-refractivity contribution < 1.29 is 9.90 Å². The van der Waals surface area contributed by atoms with Crippen LogP contribution in [0.1, 0.15) is 22.3 Å². The van der Waals surface area contributed by atoms with E-state index in [2.05, 4.69) is 59.3 Å². The van der Waals surface area contributed by atoms with Crippen molar-refractivity contribution in [3.8, 4) is 6.07 Å². The molecule has 11 nitrogen and oxygen atoms in total. The molecule has 42 heavy (non-hydrogen) atoms. The molecule has 214 valence electrons. The Balaban J connectivity index is 1.36. The van der Waals surface area contributed by atoms with E-state index in [4.69, 9.17) is 5.26 Å². The molecule has 1 fully saturated rings.